The van der Waals surface area contributed by atoms with Crippen LogP contribution in [-0.4, -0.2) is 29.8 Å². The molecule has 0 radical (unpaired) electrons. The van der Waals surface area contributed by atoms with E-state index in [2.05, 4.69) is 43.4 Å². The molecule has 0 bridgehead atoms. The lowest BCUT2D eigenvalue weighted by atomic mass is 9.77. The van der Waals surface area contributed by atoms with Gasteiger partial charge in [0.25, 0.3) is 0 Å². The summed E-state index contributed by atoms with van der Waals surface area (Å²) < 4.78 is 11.3. The third kappa shape index (κ3) is 9.22. The van der Waals surface area contributed by atoms with E-state index in [1.165, 1.54) is 12.0 Å². The molecule has 1 saturated heterocycles. The normalized spacial score (nSPS) is 24.8. The molecule has 0 aromatic heterocycles. The molecule has 1 aliphatic heterocycles. The van der Waals surface area contributed by atoms with Crippen molar-refractivity contribution in [3.63, 3.8) is 0 Å². The number of benzene rings is 1. The lowest BCUT2D eigenvalue weighted by Crippen LogP contribution is -2.45. The summed E-state index contributed by atoms with van der Waals surface area (Å²) in [6, 6.07) is 9.85. The zero-order valence-corrected chi connectivity index (χ0v) is 20.9. The van der Waals surface area contributed by atoms with Gasteiger partial charge in [-0.3, -0.25) is 0 Å². The molecule has 0 aliphatic carbocycles. The van der Waals surface area contributed by atoms with Crippen LogP contribution in [0.4, 0.5) is 4.79 Å². The Labute approximate surface area is 194 Å². The van der Waals surface area contributed by atoms with Crippen LogP contribution in [0, 0.1) is 17.8 Å². The third-order valence-electron chi connectivity index (χ3n) is 6.28. The monoisotopic (exact) mass is 445 g/mol. The quantitative estimate of drug-likeness (QED) is 0.500. The summed E-state index contributed by atoms with van der Waals surface area (Å²) in [6.07, 6.45) is 6.03. The predicted molar refractivity (Wildman–Crippen MR) is 128 cm³/mol. The van der Waals surface area contributed by atoms with E-state index in [9.17, 15) is 9.59 Å². The lowest BCUT2D eigenvalue weighted by Gasteiger charge is -2.32. The minimum Gasteiger partial charge on any atom is -0.461 e. The van der Waals surface area contributed by atoms with Crippen LogP contribution in [-0.2, 0) is 20.7 Å². The molecule has 0 saturated carbocycles. The molecule has 32 heavy (non-hydrogen) atoms. The number of carbonyl (C=O) groups excluding carboxylic acids is 2. The van der Waals surface area contributed by atoms with Gasteiger partial charge in [0.15, 0.2) is 0 Å². The molecule has 5 heteroatoms. The second-order valence-electron chi connectivity index (χ2n) is 10.7. The lowest BCUT2D eigenvalue weighted by molar-refractivity contribution is -0.154. The molecular weight excluding hydrogens is 402 g/mol. The average molecular weight is 446 g/mol. The van der Waals surface area contributed by atoms with Crippen molar-refractivity contribution in [2.75, 3.05) is 0 Å². The molecule has 1 amide bonds. The number of rotatable bonds is 7. The van der Waals surface area contributed by atoms with Gasteiger partial charge in [-0.1, -0.05) is 57.0 Å². The Morgan fingerprint density at radius 1 is 1.16 bits per heavy atom. The van der Waals surface area contributed by atoms with Crippen LogP contribution in [0.5, 0.6) is 0 Å². The van der Waals surface area contributed by atoms with Gasteiger partial charge < -0.3 is 14.8 Å². The zero-order chi connectivity index (χ0) is 23.7. The molecule has 1 heterocycles. The van der Waals surface area contributed by atoms with Gasteiger partial charge in [0.05, 0.1) is 0 Å². The van der Waals surface area contributed by atoms with Crippen molar-refractivity contribution in [2.24, 2.45) is 17.8 Å². The van der Waals surface area contributed by atoms with Crippen LogP contribution in [0.3, 0.4) is 0 Å². The van der Waals surface area contributed by atoms with E-state index in [0.717, 1.165) is 32.1 Å². The summed E-state index contributed by atoms with van der Waals surface area (Å²) >= 11 is 0. The van der Waals surface area contributed by atoms with E-state index in [-0.39, 0.29) is 12.1 Å². The van der Waals surface area contributed by atoms with E-state index >= 15 is 0 Å². The summed E-state index contributed by atoms with van der Waals surface area (Å²) in [7, 11) is 0. The van der Waals surface area contributed by atoms with Crippen molar-refractivity contribution in [2.45, 2.75) is 104 Å². The summed E-state index contributed by atoms with van der Waals surface area (Å²) in [4.78, 5) is 25.2. The summed E-state index contributed by atoms with van der Waals surface area (Å²) in [5.41, 5.74) is 0.711. The summed E-state index contributed by atoms with van der Waals surface area (Å²) in [5, 5.41) is 2.74. The first-order chi connectivity index (χ1) is 15.0. The van der Waals surface area contributed by atoms with Crippen molar-refractivity contribution in [1.82, 2.24) is 5.32 Å². The van der Waals surface area contributed by atoms with Crippen LogP contribution in [0.25, 0.3) is 0 Å². The maximum absolute atomic E-state index is 12.9. The van der Waals surface area contributed by atoms with Crippen molar-refractivity contribution in [1.29, 1.82) is 0 Å². The van der Waals surface area contributed by atoms with Crippen LogP contribution < -0.4 is 5.32 Å². The highest BCUT2D eigenvalue weighted by atomic mass is 16.6. The van der Waals surface area contributed by atoms with Gasteiger partial charge in [-0.15, -0.1) is 0 Å². The van der Waals surface area contributed by atoms with E-state index in [1.807, 2.05) is 33.8 Å². The number of alkyl carbamates (subject to hydrolysis) is 1. The van der Waals surface area contributed by atoms with Gasteiger partial charge in [-0.2, -0.15) is 0 Å². The molecule has 180 valence electrons. The maximum Gasteiger partial charge on any atom is 0.408 e. The molecule has 1 aromatic rings. The number of hydrogen-bond donors (Lipinski definition) is 1. The first-order valence-electron chi connectivity index (χ1n) is 12.3. The number of ether oxygens (including phenoxy) is 2. The maximum atomic E-state index is 12.9. The standard InChI is InChI=1S/C27H43NO4/c1-19(2)15-17-22-13-10-14-24(28-26(30)32-27(4,5)6)25(29)31-20(3)23(22)18-16-21-11-8-7-9-12-21/h7-9,11-12,19-20,22-24H,10,13-18H2,1-6H3,(H,28,30)/t20-,22+,23-,24-/m0/s1. The Morgan fingerprint density at radius 3 is 2.47 bits per heavy atom. The SMILES string of the molecule is CC(C)CC[C@H]1CCC[C@H](NC(=O)OC(C)(C)C)C(=O)O[C@@H](C)[C@@H]1CCc1ccccc1. The molecule has 2 rings (SSSR count). The van der Waals surface area contributed by atoms with E-state index in [0.29, 0.717) is 24.2 Å². The molecule has 0 unspecified atom stereocenters. The van der Waals surface area contributed by atoms with Crippen LogP contribution >= 0.6 is 0 Å². The van der Waals surface area contributed by atoms with E-state index < -0.39 is 17.7 Å². The van der Waals surface area contributed by atoms with Crippen LogP contribution in [0.2, 0.25) is 0 Å². The highest BCUT2D eigenvalue weighted by Gasteiger charge is 2.34. The molecule has 4 atom stereocenters. The van der Waals surface area contributed by atoms with E-state index in [1.54, 1.807) is 0 Å². The van der Waals surface area contributed by atoms with E-state index in [4.69, 9.17) is 9.47 Å². The molecule has 1 aromatic carbocycles. The first-order valence-corrected chi connectivity index (χ1v) is 12.3. The van der Waals surface area contributed by atoms with Crippen molar-refractivity contribution < 1.29 is 19.1 Å². The molecule has 1 fully saturated rings. The number of hydrogen-bond acceptors (Lipinski definition) is 4. The number of nitrogens with one attached hydrogen (secondary N) is 1. The van der Waals surface area contributed by atoms with Crippen molar-refractivity contribution in [3.8, 4) is 0 Å². The van der Waals surface area contributed by atoms with Crippen molar-refractivity contribution in [3.05, 3.63) is 35.9 Å². The number of carbonyl (C=O) groups is 2. The Morgan fingerprint density at radius 2 is 1.84 bits per heavy atom. The molecule has 0 spiro atoms. The van der Waals surface area contributed by atoms with Gasteiger partial charge in [0, 0.05) is 0 Å². The van der Waals surface area contributed by atoms with Gasteiger partial charge >= 0.3 is 12.1 Å². The minimum atomic E-state index is -0.661. The number of esters is 1. The molecule has 5 nitrogen and oxygen atoms in total. The first kappa shape index (κ1) is 26.2. The summed E-state index contributed by atoms with van der Waals surface area (Å²) in [5.74, 6) is 1.11. The number of aryl methyl sites for hydroxylation is 1. The van der Waals surface area contributed by atoms with Gasteiger partial charge in [0.1, 0.15) is 17.7 Å². The Bertz CT molecular complexity index is 710. The smallest absolute Gasteiger partial charge is 0.408 e. The minimum absolute atomic E-state index is 0.190. The molecular formula is C27H43NO4. The fraction of sp³-hybridized carbons (Fsp3) is 0.704. The Balaban J connectivity index is 2.11. The predicted octanol–water partition coefficient (Wildman–Crippen LogP) is 6.30. The highest BCUT2D eigenvalue weighted by Crippen LogP contribution is 2.34. The fourth-order valence-electron chi connectivity index (χ4n) is 4.59. The van der Waals surface area contributed by atoms with Gasteiger partial charge in [-0.25, -0.2) is 9.59 Å². The van der Waals surface area contributed by atoms with Crippen LogP contribution in [0.1, 0.15) is 85.6 Å². The number of cyclic esters (lactones) is 1. The number of amides is 1. The molecule has 1 N–H and O–H groups in total. The summed E-state index contributed by atoms with van der Waals surface area (Å²) in [6.45, 7) is 12.0. The highest BCUT2D eigenvalue weighted by molar-refractivity contribution is 5.81. The van der Waals surface area contributed by atoms with Crippen molar-refractivity contribution >= 4 is 12.1 Å². The fourth-order valence-corrected chi connectivity index (χ4v) is 4.59. The zero-order valence-electron chi connectivity index (χ0n) is 20.9. The topological polar surface area (TPSA) is 64.6 Å². The second-order valence-corrected chi connectivity index (χ2v) is 10.7. The van der Waals surface area contributed by atoms with Gasteiger partial charge in [0.2, 0.25) is 0 Å². The average Bonchev–Trinajstić information content (AvgIpc) is 2.74. The second kappa shape index (κ2) is 12.3. The van der Waals surface area contributed by atoms with Gasteiger partial charge in [-0.05, 0) is 83.1 Å². The van der Waals surface area contributed by atoms with Crippen LogP contribution in [0.15, 0.2) is 30.3 Å². The molecule has 1 aliphatic rings. The largest absolute Gasteiger partial charge is 0.461 e. The Hall–Kier alpha value is -2.04. The third-order valence-corrected chi connectivity index (χ3v) is 6.28. The Kier molecular flexibility index (Phi) is 10.0.